The molecule has 0 amide bonds. The van der Waals surface area contributed by atoms with Gasteiger partial charge in [-0.25, -0.2) is 13.4 Å². The number of methoxy groups -OCH3 is 2. The maximum Gasteiger partial charge on any atom is 0.265 e. The van der Waals surface area contributed by atoms with Crippen LogP contribution in [0.25, 0.3) is 5.65 Å². The molecule has 23 heavy (non-hydrogen) atoms. The number of hydrogen-bond donors (Lipinski definition) is 1. The molecule has 1 N–H and O–H groups in total. The standard InChI is InChI=1S/C15H15N3O4S/c1-21-12-4-5-14(13(9-12)22-2)23(19,20)17-11-3-6-15-16-7-8-18(15)10-11/h3-10,17H,1-2H3. The van der Waals surface area contributed by atoms with Crippen LogP contribution in [-0.4, -0.2) is 32.0 Å². The van der Waals surface area contributed by atoms with Gasteiger partial charge >= 0.3 is 0 Å². The average molecular weight is 333 g/mol. The number of ether oxygens (including phenoxy) is 2. The molecule has 2 heterocycles. The second kappa shape index (κ2) is 5.81. The van der Waals surface area contributed by atoms with Crippen molar-refractivity contribution < 1.29 is 17.9 Å². The number of imidazole rings is 1. The Kier molecular flexibility index (Phi) is 3.83. The van der Waals surface area contributed by atoms with Crippen molar-refractivity contribution in [3.8, 4) is 11.5 Å². The van der Waals surface area contributed by atoms with E-state index in [-0.39, 0.29) is 10.6 Å². The van der Waals surface area contributed by atoms with Crippen molar-refractivity contribution in [2.75, 3.05) is 18.9 Å². The van der Waals surface area contributed by atoms with E-state index in [2.05, 4.69) is 9.71 Å². The molecule has 3 aromatic rings. The van der Waals surface area contributed by atoms with Crippen molar-refractivity contribution in [2.45, 2.75) is 4.90 Å². The summed E-state index contributed by atoms with van der Waals surface area (Å²) in [7, 11) is -0.887. The molecule has 8 heteroatoms. The van der Waals surface area contributed by atoms with Crippen molar-refractivity contribution in [3.05, 3.63) is 48.9 Å². The minimum Gasteiger partial charge on any atom is -0.497 e. The summed E-state index contributed by atoms with van der Waals surface area (Å²) in [5.74, 6) is 0.723. The predicted octanol–water partition coefficient (Wildman–Crippen LogP) is 2.15. The van der Waals surface area contributed by atoms with Gasteiger partial charge in [0.05, 0.1) is 19.9 Å². The quantitative estimate of drug-likeness (QED) is 0.774. The number of nitrogens with zero attached hydrogens (tertiary/aromatic N) is 2. The van der Waals surface area contributed by atoms with Crippen LogP contribution in [0.2, 0.25) is 0 Å². The molecule has 0 radical (unpaired) electrons. The van der Waals surface area contributed by atoms with Crippen LogP contribution in [0.5, 0.6) is 11.5 Å². The van der Waals surface area contributed by atoms with Crippen LogP contribution in [0.4, 0.5) is 5.69 Å². The number of aromatic nitrogens is 2. The van der Waals surface area contributed by atoms with Crippen molar-refractivity contribution in [2.24, 2.45) is 0 Å². The van der Waals surface area contributed by atoms with Gasteiger partial charge in [-0.1, -0.05) is 0 Å². The first-order chi connectivity index (χ1) is 11.0. The average Bonchev–Trinajstić information content (AvgIpc) is 3.01. The van der Waals surface area contributed by atoms with Gasteiger partial charge in [0.15, 0.2) is 0 Å². The topological polar surface area (TPSA) is 81.9 Å². The molecular weight excluding hydrogens is 318 g/mol. The van der Waals surface area contributed by atoms with Crippen LogP contribution in [0.1, 0.15) is 0 Å². The van der Waals surface area contributed by atoms with E-state index in [4.69, 9.17) is 9.47 Å². The van der Waals surface area contributed by atoms with Gasteiger partial charge in [0.25, 0.3) is 10.0 Å². The number of pyridine rings is 1. The van der Waals surface area contributed by atoms with Crippen LogP contribution >= 0.6 is 0 Å². The van der Waals surface area contributed by atoms with Crippen LogP contribution in [0.15, 0.2) is 53.8 Å². The molecule has 7 nitrogen and oxygen atoms in total. The molecule has 0 saturated heterocycles. The first-order valence-electron chi connectivity index (χ1n) is 6.71. The highest BCUT2D eigenvalue weighted by molar-refractivity contribution is 7.92. The van der Waals surface area contributed by atoms with E-state index in [1.165, 1.54) is 26.4 Å². The van der Waals surface area contributed by atoms with Crippen LogP contribution in [-0.2, 0) is 10.0 Å². The van der Waals surface area contributed by atoms with Crippen LogP contribution < -0.4 is 14.2 Å². The lowest BCUT2D eigenvalue weighted by atomic mass is 10.3. The third kappa shape index (κ3) is 2.93. The summed E-state index contributed by atoms with van der Waals surface area (Å²) in [5.41, 5.74) is 1.16. The normalized spacial score (nSPS) is 11.4. The van der Waals surface area contributed by atoms with Gasteiger partial charge in [0.2, 0.25) is 0 Å². The minimum atomic E-state index is -3.80. The Labute approximate surface area is 133 Å². The van der Waals surface area contributed by atoms with E-state index in [1.54, 1.807) is 41.2 Å². The van der Waals surface area contributed by atoms with Crippen molar-refractivity contribution in [3.63, 3.8) is 0 Å². The van der Waals surface area contributed by atoms with Gasteiger partial charge in [-0.2, -0.15) is 0 Å². The number of fused-ring (bicyclic) bond motifs is 1. The van der Waals surface area contributed by atoms with E-state index in [9.17, 15) is 8.42 Å². The molecule has 0 unspecified atom stereocenters. The second-order valence-corrected chi connectivity index (χ2v) is 6.38. The molecule has 0 aliphatic rings. The molecule has 0 atom stereocenters. The summed E-state index contributed by atoms with van der Waals surface area (Å²) < 4.78 is 39.7. The van der Waals surface area contributed by atoms with E-state index in [1.807, 2.05) is 0 Å². The SMILES string of the molecule is COc1ccc(S(=O)(=O)Nc2ccc3nccn3c2)c(OC)c1. The zero-order valence-corrected chi connectivity index (χ0v) is 13.4. The molecule has 2 aromatic heterocycles. The fourth-order valence-corrected chi connectivity index (χ4v) is 3.38. The lowest BCUT2D eigenvalue weighted by Crippen LogP contribution is -2.14. The Morgan fingerprint density at radius 3 is 2.70 bits per heavy atom. The third-order valence-corrected chi connectivity index (χ3v) is 4.72. The molecular formula is C15H15N3O4S. The zero-order chi connectivity index (χ0) is 16.4. The van der Waals surface area contributed by atoms with Crippen molar-refractivity contribution in [1.29, 1.82) is 0 Å². The van der Waals surface area contributed by atoms with Gasteiger partial charge in [0.1, 0.15) is 22.0 Å². The number of rotatable bonds is 5. The predicted molar refractivity (Wildman–Crippen MR) is 85.5 cm³/mol. The van der Waals surface area contributed by atoms with E-state index >= 15 is 0 Å². The maximum atomic E-state index is 12.6. The fourth-order valence-electron chi connectivity index (χ4n) is 2.19. The number of sulfonamides is 1. The summed E-state index contributed by atoms with van der Waals surface area (Å²) in [5, 5.41) is 0. The van der Waals surface area contributed by atoms with Crippen molar-refractivity contribution in [1.82, 2.24) is 9.38 Å². The van der Waals surface area contributed by atoms with Gasteiger partial charge in [0, 0.05) is 24.7 Å². The largest absolute Gasteiger partial charge is 0.497 e. The van der Waals surface area contributed by atoms with E-state index < -0.39 is 10.0 Å². The smallest absolute Gasteiger partial charge is 0.265 e. The Morgan fingerprint density at radius 2 is 1.96 bits per heavy atom. The van der Waals surface area contributed by atoms with E-state index in [0.29, 0.717) is 11.4 Å². The summed E-state index contributed by atoms with van der Waals surface area (Å²) in [4.78, 5) is 4.15. The Hall–Kier alpha value is -2.74. The highest BCUT2D eigenvalue weighted by Gasteiger charge is 2.20. The van der Waals surface area contributed by atoms with Gasteiger partial charge in [-0.15, -0.1) is 0 Å². The summed E-state index contributed by atoms with van der Waals surface area (Å²) in [6.45, 7) is 0. The molecule has 1 aromatic carbocycles. The Morgan fingerprint density at radius 1 is 1.13 bits per heavy atom. The number of hydrogen-bond acceptors (Lipinski definition) is 5. The zero-order valence-electron chi connectivity index (χ0n) is 12.6. The van der Waals surface area contributed by atoms with E-state index in [0.717, 1.165) is 5.65 Å². The maximum absolute atomic E-state index is 12.6. The molecule has 0 spiro atoms. The van der Waals surface area contributed by atoms with Crippen LogP contribution in [0, 0.1) is 0 Å². The molecule has 0 bridgehead atoms. The highest BCUT2D eigenvalue weighted by Crippen LogP contribution is 2.29. The molecule has 0 fully saturated rings. The molecule has 120 valence electrons. The highest BCUT2D eigenvalue weighted by atomic mass is 32.2. The summed E-state index contributed by atoms with van der Waals surface area (Å²) in [6.07, 6.45) is 5.02. The second-order valence-electron chi connectivity index (χ2n) is 4.73. The Bertz CT molecular complexity index is 950. The number of benzene rings is 1. The Balaban J connectivity index is 1.97. The van der Waals surface area contributed by atoms with Gasteiger partial charge in [-0.3, -0.25) is 4.72 Å². The lowest BCUT2D eigenvalue weighted by molar-refractivity contribution is 0.386. The summed E-state index contributed by atoms with van der Waals surface area (Å²) in [6, 6.07) is 7.90. The third-order valence-electron chi connectivity index (χ3n) is 3.30. The molecule has 0 aliphatic heterocycles. The minimum absolute atomic E-state index is 0.0338. The first-order valence-corrected chi connectivity index (χ1v) is 8.19. The first kappa shape index (κ1) is 15.2. The molecule has 0 saturated carbocycles. The number of anilines is 1. The molecule has 0 aliphatic carbocycles. The summed E-state index contributed by atoms with van der Waals surface area (Å²) >= 11 is 0. The fraction of sp³-hybridized carbons (Fsp3) is 0.133. The van der Waals surface area contributed by atoms with Gasteiger partial charge < -0.3 is 13.9 Å². The van der Waals surface area contributed by atoms with Gasteiger partial charge in [-0.05, 0) is 24.3 Å². The number of nitrogens with one attached hydrogen (secondary N) is 1. The lowest BCUT2D eigenvalue weighted by Gasteiger charge is -2.12. The monoisotopic (exact) mass is 333 g/mol. The molecule has 3 rings (SSSR count). The van der Waals surface area contributed by atoms with Crippen LogP contribution in [0.3, 0.4) is 0 Å². The van der Waals surface area contributed by atoms with Crippen molar-refractivity contribution >= 4 is 21.4 Å².